The molecule has 3 unspecified atom stereocenters. The summed E-state index contributed by atoms with van der Waals surface area (Å²) < 4.78 is 0. The van der Waals surface area contributed by atoms with E-state index >= 15 is 0 Å². The average Bonchev–Trinajstić information content (AvgIpc) is 2.69. The topological polar surface area (TPSA) is 81.1 Å². The number of amides is 2. The molecule has 2 amide bonds. The van der Waals surface area contributed by atoms with Crippen molar-refractivity contribution < 1.29 is 19.8 Å². The van der Waals surface area contributed by atoms with E-state index in [9.17, 15) is 14.7 Å². The third-order valence-corrected chi connectivity index (χ3v) is 4.26. The lowest BCUT2D eigenvalue weighted by Crippen LogP contribution is -2.54. The molecular weight excluding hydrogens is 248 g/mol. The van der Waals surface area contributed by atoms with E-state index in [4.69, 9.17) is 5.11 Å². The van der Waals surface area contributed by atoms with Gasteiger partial charge in [-0.05, 0) is 33.1 Å². The van der Waals surface area contributed by atoms with E-state index in [1.807, 2.05) is 0 Å². The first kappa shape index (κ1) is 14.1. The number of hydrogen-bond donors (Lipinski definition) is 2. The standard InChI is InChI=1S/C13H22N2O4/c1-9-10(11(16)17)4-7-15(9)12(18)14-6-3-5-13(2,19)8-14/h9-10,19H,3-8H2,1-2H3,(H,16,17). The number of carbonyl (C=O) groups excluding carboxylic acids is 1. The number of piperidine rings is 1. The van der Waals surface area contributed by atoms with E-state index in [2.05, 4.69) is 0 Å². The van der Waals surface area contributed by atoms with Gasteiger partial charge in [-0.1, -0.05) is 0 Å². The fourth-order valence-corrected chi connectivity index (χ4v) is 3.10. The SMILES string of the molecule is CC1C(C(=O)O)CCN1C(=O)N1CCCC(C)(O)C1. The van der Waals surface area contributed by atoms with Crippen LogP contribution in [0.4, 0.5) is 4.79 Å². The number of urea groups is 1. The van der Waals surface area contributed by atoms with Gasteiger partial charge in [-0.25, -0.2) is 4.79 Å². The summed E-state index contributed by atoms with van der Waals surface area (Å²) in [5.74, 6) is -1.32. The monoisotopic (exact) mass is 270 g/mol. The van der Waals surface area contributed by atoms with Gasteiger partial charge in [0.15, 0.2) is 0 Å². The van der Waals surface area contributed by atoms with Crippen LogP contribution in [0.15, 0.2) is 0 Å². The van der Waals surface area contributed by atoms with Crippen LogP contribution in [0.2, 0.25) is 0 Å². The van der Waals surface area contributed by atoms with Gasteiger partial charge >= 0.3 is 12.0 Å². The summed E-state index contributed by atoms with van der Waals surface area (Å²) >= 11 is 0. The second-order valence-corrected chi connectivity index (χ2v) is 5.97. The van der Waals surface area contributed by atoms with Crippen LogP contribution in [0.5, 0.6) is 0 Å². The minimum absolute atomic E-state index is 0.142. The molecular formula is C13H22N2O4. The minimum atomic E-state index is -0.839. The van der Waals surface area contributed by atoms with Crippen LogP contribution >= 0.6 is 0 Å². The summed E-state index contributed by atoms with van der Waals surface area (Å²) in [6, 6.07) is -0.423. The van der Waals surface area contributed by atoms with Gasteiger partial charge < -0.3 is 20.0 Å². The molecule has 6 nitrogen and oxygen atoms in total. The average molecular weight is 270 g/mol. The number of carboxylic acid groups (broad SMARTS) is 1. The highest BCUT2D eigenvalue weighted by atomic mass is 16.4. The van der Waals surface area contributed by atoms with Crippen molar-refractivity contribution in [3.8, 4) is 0 Å². The minimum Gasteiger partial charge on any atom is -0.481 e. The van der Waals surface area contributed by atoms with Gasteiger partial charge in [0.25, 0.3) is 0 Å². The summed E-state index contributed by atoms with van der Waals surface area (Å²) in [7, 11) is 0. The summed E-state index contributed by atoms with van der Waals surface area (Å²) in [6.07, 6.45) is 1.99. The molecule has 0 aromatic carbocycles. The number of aliphatic carboxylic acids is 1. The molecule has 2 N–H and O–H groups in total. The summed E-state index contributed by atoms with van der Waals surface area (Å²) in [5, 5.41) is 19.1. The van der Waals surface area contributed by atoms with E-state index in [1.165, 1.54) is 0 Å². The normalized spacial score (nSPS) is 35.5. The van der Waals surface area contributed by atoms with Crippen molar-refractivity contribution in [2.75, 3.05) is 19.6 Å². The third kappa shape index (κ3) is 2.83. The number of carboxylic acids is 1. The van der Waals surface area contributed by atoms with Crippen LogP contribution in [0.25, 0.3) is 0 Å². The van der Waals surface area contributed by atoms with Crippen molar-refractivity contribution in [3.63, 3.8) is 0 Å². The van der Waals surface area contributed by atoms with Crippen molar-refractivity contribution in [1.82, 2.24) is 9.80 Å². The molecule has 0 aromatic rings. The Kier molecular flexibility index (Phi) is 3.71. The number of hydrogen-bond acceptors (Lipinski definition) is 3. The molecule has 108 valence electrons. The van der Waals surface area contributed by atoms with E-state index < -0.39 is 17.5 Å². The molecule has 19 heavy (non-hydrogen) atoms. The molecule has 2 aliphatic heterocycles. The molecule has 0 saturated carbocycles. The number of β-amino-alcohol motifs (C(OH)–C–C–N with tert-alkyl or cyclic N) is 1. The van der Waals surface area contributed by atoms with Crippen LogP contribution in [0.3, 0.4) is 0 Å². The Morgan fingerprint density at radius 1 is 1.32 bits per heavy atom. The molecule has 0 radical (unpaired) electrons. The second kappa shape index (κ2) is 5.00. The molecule has 2 heterocycles. The second-order valence-electron chi connectivity index (χ2n) is 5.97. The Labute approximate surface area is 113 Å². The molecule has 0 aliphatic carbocycles. The fourth-order valence-electron chi connectivity index (χ4n) is 3.10. The van der Waals surface area contributed by atoms with E-state index in [-0.39, 0.29) is 12.1 Å². The van der Waals surface area contributed by atoms with Gasteiger partial charge in [0.2, 0.25) is 0 Å². The molecule has 0 aromatic heterocycles. The van der Waals surface area contributed by atoms with Crippen molar-refractivity contribution in [1.29, 1.82) is 0 Å². The van der Waals surface area contributed by atoms with Gasteiger partial charge in [0.05, 0.1) is 18.1 Å². The first-order chi connectivity index (χ1) is 8.82. The number of nitrogens with zero attached hydrogens (tertiary/aromatic N) is 2. The Hall–Kier alpha value is -1.30. The molecule has 0 spiro atoms. The van der Waals surface area contributed by atoms with Crippen LogP contribution in [-0.2, 0) is 4.79 Å². The molecule has 2 fully saturated rings. The van der Waals surface area contributed by atoms with Crippen molar-refractivity contribution in [3.05, 3.63) is 0 Å². The Morgan fingerprint density at radius 2 is 2.00 bits per heavy atom. The van der Waals surface area contributed by atoms with E-state index in [0.717, 1.165) is 6.42 Å². The van der Waals surface area contributed by atoms with E-state index in [1.54, 1.807) is 23.6 Å². The predicted octanol–water partition coefficient (Wildman–Crippen LogP) is 0.748. The van der Waals surface area contributed by atoms with Crippen LogP contribution in [-0.4, -0.2) is 63.3 Å². The molecule has 0 bridgehead atoms. The highest BCUT2D eigenvalue weighted by Gasteiger charge is 2.41. The Balaban J connectivity index is 2.02. The maximum atomic E-state index is 12.4. The summed E-state index contributed by atoms with van der Waals surface area (Å²) in [4.78, 5) is 26.8. The maximum absolute atomic E-state index is 12.4. The molecule has 2 saturated heterocycles. The first-order valence-corrected chi connectivity index (χ1v) is 6.82. The first-order valence-electron chi connectivity index (χ1n) is 6.82. The zero-order valence-electron chi connectivity index (χ0n) is 11.5. The molecule has 6 heteroatoms. The van der Waals surface area contributed by atoms with Crippen molar-refractivity contribution in [2.45, 2.75) is 44.8 Å². The third-order valence-electron chi connectivity index (χ3n) is 4.26. The number of carbonyl (C=O) groups is 2. The molecule has 3 atom stereocenters. The van der Waals surface area contributed by atoms with Gasteiger partial charge in [-0.15, -0.1) is 0 Å². The van der Waals surface area contributed by atoms with Crippen LogP contribution in [0, 0.1) is 5.92 Å². The predicted molar refractivity (Wildman–Crippen MR) is 68.7 cm³/mol. The lowest BCUT2D eigenvalue weighted by atomic mass is 9.95. The Morgan fingerprint density at radius 3 is 2.53 bits per heavy atom. The number of likely N-dealkylation sites (tertiary alicyclic amines) is 2. The van der Waals surface area contributed by atoms with Crippen LogP contribution < -0.4 is 0 Å². The van der Waals surface area contributed by atoms with Gasteiger partial charge in [-0.3, -0.25) is 4.79 Å². The zero-order chi connectivity index (χ0) is 14.2. The lowest BCUT2D eigenvalue weighted by Gasteiger charge is -2.39. The van der Waals surface area contributed by atoms with Gasteiger partial charge in [0.1, 0.15) is 0 Å². The van der Waals surface area contributed by atoms with Gasteiger partial charge in [0, 0.05) is 19.1 Å². The fraction of sp³-hybridized carbons (Fsp3) is 0.846. The summed E-state index contributed by atoms with van der Waals surface area (Å²) in [5.41, 5.74) is -0.830. The molecule has 2 aliphatic rings. The highest BCUT2D eigenvalue weighted by molar-refractivity contribution is 5.78. The summed E-state index contributed by atoms with van der Waals surface area (Å²) in [6.45, 7) is 4.96. The van der Waals surface area contributed by atoms with Crippen molar-refractivity contribution in [2.24, 2.45) is 5.92 Å². The lowest BCUT2D eigenvalue weighted by molar-refractivity contribution is -0.142. The molecule has 2 rings (SSSR count). The zero-order valence-corrected chi connectivity index (χ0v) is 11.5. The van der Waals surface area contributed by atoms with Crippen molar-refractivity contribution >= 4 is 12.0 Å². The smallest absolute Gasteiger partial charge is 0.320 e. The number of aliphatic hydroxyl groups is 1. The maximum Gasteiger partial charge on any atom is 0.320 e. The van der Waals surface area contributed by atoms with Gasteiger partial charge in [-0.2, -0.15) is 0 Å². The quantitative estimate of drug-likeness (QED) is 0.736. The largest absolute Gasteiger partial charge is 0.481 e. The number of rotatable bonds is 1. The van der Waals surface area contributed by atoms with Crippen LogP contribution in [0.1, 0.15) is 33.1 Å². The Bertz CT molecular complexity index is 383. The van der Waals surface area contributed by atoms with E-state index in [0.29, 0.717) is 32.5 Å². The highest BCUT2D eigenvalue weighted by Crippen LogP contribution is 2.28.